The van der Waals surface area contributed by atoms with Gasteiger partial charge in [-0.05, 0) is 39.9 Å². The minimum atomic E-state index is 0.762. The summed E-state index contributed by atoms with van der Waals surface area (Å²) in [5.41, 5.74) is 0. The van der Waals surface area contributed by atoms with Crippen LogP contribution in [0.2, 0.25) is 0 Å². The molecular formula is C11H24N2O. The molecule has 0 aliphatic rings. The minimum absolute atomic E-state index is 0.762. The fourth-order valence-electron chi connectivity index (χ4n) is 1.07. The summed E-state index contributed by atoms with van der Waals surface area (Å²) in [5, 5.41) is 3.90. The van der Waals surface area contributed by atoms with Crippen LogP contribution < -0.4 is 0 Å². The second kappa shape index (κ2) is 10.5. The first-order valence-electron chi connectivity index (χ1n) is 5.56. The second-order valence-electron chi connectivity index (χ2n) is 3.77. The van der Waals surface area contributed by atoms with Crippen LogP contribution in [-0.2, 0) is 4.84 Å². The number of unbranched alkanes of at least 4 members (excludes halogenated alkanes) is 3. The van der Waals surface area contributed by atoms with Gasteiger partial charge in [-0.2, -0.15) is 0 Å². The molecule has 3 nitrogen and oxygen atoms in total. The van der Waals surface area contributed by atoms with Crippen molar-refractivity contribution in [2.45, 2.75) is 39.0 Å². The average Bonchev–Trinajstić information content (AvgIpc) is 2.15. The van der Waals surface area contributed by atoms with E-state index in [-0.39, 0.29) is 0 Å². The van der Waals surface area contributed by atoms with Crippen LogP contribution in [0.4, 0.5) is 0 Å². The van der Waals surface area contributed by atoms with Gasteiger partial charge in [0.15, 0.2) is 0 Å². The molecular weight excluding hydrogens is 176 g/mol. The number of hydrogen-bond acceptors (Lipinski definition) is 3. The number of rotatable bonds is 9. The van der Waals surface area contributed by atoms with E-state index in [2.05, 4.69) is 31.1 Å². The van der Waals surface area contributed by atoms with Crippen LogP contribution in [0.3, 0.4) is 0 Å². The molecule has 0 saturated carbocycles. The first kappa shape index (κ1) is 13.4. The molecule has 0 radical (unpaired) electrons. The molecule has 0 spiro atoms. The van der Waals surface area contributed by atoms with Gasteiger partial charge in [-0.15, -0.1) is 0 Å². The zero-order valence-electron chi connectivity index (χ0n) is 9.83. The van der Waals surface area contributed by atoms with Crippen molar-refractivity contribution in [3.05, 3.63) is 0 Å². The monoisotopic (exact) mass is 200 g/mol. The number of hydrogen-bond donors (Lipinski definition) is 0. The molecule has 3 heteroatoms. The molecule has 0 heterocycles. The van der Waals surface area contributed by atoms with Crippen LogP contribution in [0.15, 0.2) is 5.16 Å². The molecule has 0 rings (SSSR count). The van der Waals surface area contributed by atoms with Gasteiger partial charge in [0.1, 0.15) is 6.61 Å². The third kappa shape index (κ3) is 11.4. The Hall–Kier alpha value is -0.570. The molecule has 0 bridgehead atoms. The first-order valence-corrected chi connectivity index (χ1v) is 5.56. The second-order valence-corrected chi connectivity index (χ2v) is 3.77. The maximum atomic E-state index is 5.10. The zero-order chi connectivity index (χ0) is 10.6. The van der Waals surface area contributed by atoms with E-state index in [0.29, 0.717) is 0 Å². The summed E-state index contributed by atoms with van der Waals surface area (Å²) in [7, 11) is 4.16. The van der Waals surface area contributed by atoms with E-state index in [0.717, 1.165) is 32.4 Å². The van der Waals surface area contributed by atoms with Crippen LogP contribution in [0.1, 0.15) is 39.0 Å². The van der Waals surface area contributed by atoms with Crippen LogP contribution in [0, 0.1) is 0 Å². The van der Waals surface area contributed by atoms with E-state index < -0.39 is 0 Å². The normalized spacial score (nSPS) is 11.4. The van der Waals surface area contributed by atoms with Gasteiger partial charge < -0.3 is 9.74 Å². The van der Waals surface area contributed by atoms with Crippen molar-refractivity contribution in [2.24, 2.45) is 5.16 Å². The van der Waals surface area contributed by atoms with Crippen molar-refractivity contribution >= 4 is 6.21 Å². The van der Waals surface area contributed by atoms with Crippen LogP contribution >= 0.6 is 0 Å². The molecule has 0 atom stereocenters. The molecule has 0 aromatic heterocycles. The third-order valence-corrected chi connectivity index (χ3v) is 1.93. The Kier molecular flexibility index (Phi) is 10.1. The first-order chi connectivity index (χ1) is 6.77. The van der Waals surface area contributed by atoms with Crippen molar-refractivity contribution < 1.29 is 4.84 Å². The van der Waals surface area contributed by atoms with Gasteiger partial charge in [-0.1, -0.05) is 24.9 Å². The summed E-state index contributed by atoms with van der Waals surface area (Å²) < 4.78 is 0. The van der Waals surface area contributed by atoms with Gasteiger partial charge in [0.2, 0.25) is 0 Å². The lowest BCUT2D eigenvalue weighted by molar-refractivity contribution is 0.141. The molecule has 0 amide bonds. The standard InChI is InChI=1S/C11H24N2O/c1-4-5-8-11-14-12-9-6-7-10-13(2)3/h9H,4-8,10-11H2,1-3H3/b12-9-. The van der Waals surface area contributed by atoms with Crippen molar-refractivity contribution in [3.63, 3.8) is 0 Å². The molecule has 0 aliphatic heterocycles. The largest absolute Gasteiger partial charge is 0.396 e. The highest BCUT2D eigenvalue weighted by atomic mass is 16.6. The fraction of sp³-hybridized carbons (Fsp3) is 0.909. The van der Waals surface area contributed by atoms with Crippen LogP contribution in [0.5, 0.6) is 0 Å². The van der Waals surface area contributed by atoms with Gasteiger partial charge in [-0.25, -0.2) is 0 Å². The third-order valence-electron chi connectivity index (χ3n) is 1.93. The molecule has 0 aromatic rings. The fourth-order valence-corrected chi connectivity index (χ4v) is 1.07. The lowest BCUT2D eigenvalue weighted by Gasteiger charge is -2.06. The smallest absolute Gasteiger partial charge is 0.117 e. The van der Waals surface area contributed by atoms with Gasteiger partial charge in [0.25, 0.3) is 0 Å². The van der Waals surface area contributed by atoms with E-state index in [9.17, 15) is 0 Å². The van der Waals surface area contributed by atoms with Crippen molar-refractivity contribution in [1.82, 2.24) is 4.90 Å². The summed E-state index contributed by atoms with van der Waals surface area (Å²) in [5.74, 6) is 0. The summed E-state index contributed by atoms with van der Waals surface area (Å²) in [6.07, 6.45) is 7.60. The van der Waals surface area contributed by atoms with Crippen LogP contribution in [-0.4, -0.2) is 38.4 Å². The lowest BCUT2D eigenvalue weighted by Crippen LogP contribution is -2.12. The Morgan fingerprint density at radius 2 is 2.00 bits per heavy atom. The Morgan fingerprint density at radius 3 is 2.64 bits per heavy atom. The zero-order valence-corrected chi connectivity index (χ0v) is 9.83. The van der Waals surface area contributed by atoms with Gasteiger partial charge in [-0.3, -0.25) is 0 Å². The van der Waals surface area contributed by atoms with Crippen molar-refractivity contribution in [2.75, 3.05) is 27.2 Å². The minimum Gasteiger partial charge on any atom is -0.396 e. The van der Waals surface area contributed by atoms with E-state index in [1.165, 1.54) is 12.8 Å². The Balaban J connectivity index is 3.04. The molecule has 0 saturated heterocycles. The molecule has 0 fully saturated rings. The number of nitrogens with zero attached hydrogens (tertiary/aromatic N) is 2. The highest BCUT2D eigenvalue weighted by Gasteiger charge is 1.88. The topological polar surface area (TPSA) is 24.8 Å². The van der Waals surface area contributed by atoms with E-state index in [1.807, 2.05) is 6.21 Å². The molecule has 0 aliphatic carbocycles. The predicted octanol–water partition coefficient (Wildman–Crippen LogP) is 2.52. The number of oxime groups is 1. The maximum Gasteiger partial charge on any atom is 0.117 e. The maximum absolute atomic E-state index is 5.10. The highest BCUT2D eigenvalue weighted by molar-refractivity contribution is 5.56. The lowest BCUT2D eigenvalue weighted by atomic mass is 10.3. The van der Waals surface area contributed by atoms with Gasteiger partial charge in [0.05, 0.1) is 0 Å². The summed E-state index contributed by atoms with van der Waals surface area (Å²) in [6.45, 7) is 4.06. The summed E-state index contributed by atoms with van der Waals surface area (Å²) >= 11 is 0. The van der Waals surface area contributed by atoms with E-state index in [1.54, 1.807) is 0 Å². The predicted molar refractivity (Wildman–Crippen MR) is 61.8 cm³/mol. The van der Waals surface area contributed by atoms with Crippen molar-refractivity contribution in [3.8, 4) is 0 Å². The average molecular weight is 200 g/mol. The quantitative estimate of drug-likeness (QED) is 0.324. The Labute approximate surface area is 88.1 Å². The summed E-state index contributed by atoms with van der Waals surface area (Å²) in [4.78, 5) is 7.28. The van der Waals surface area contributed by atoms with Gasteiger partial charge >= 0.3 is 0 Å². The summed E-state index contributed by atoms with van der Waals surface area (Å²) in [6, 6.07) is 0. The Bertz CT molecular complexity index is 135. The Morgan fingerprint density at radius 1 is 1.21 bits per heavy atom. The molecule has 84 valence electrons. The van der Waals surface area contributed by atoms with E-state index >= 15 is 0 Å². The molecule has 0 N–H and O–H groups in total. The van der Waals surface area contributed by atoms with Gasteiger partial charge in [0, 0.05) is 6.21 Å². The van der Waals surface area contributed by atoms with Crippen LogP contribution in [0.25, 0.3) is 0 Å². The molecule has 14 heavy (non-hydrogen) atoms. The molecule has 0 aromatic carbocycles. The molecule has 0 unspecified atom stereocenters. The van der Waals surface area contributed by atoms with E-state index in [4.69, 9.17) is 4.84 Å². The SMILES string of the molecule is CCCCCO/N=C\CCCN(C)C. The van der Waals surface area contributed by atoms with Crippen molar-refractivity contribution in [1.29, 1.82) is 0 Å². The highest BCUT2D eigenvalue weighted by Crippen LogP contribution is 1.94.